The maximum Gasteiger partial charge on any atom is 0.254 e. The second-order valence-corrected chi connectivity index (χ2v) is 8.75. The van der Waals surface area contributed by atoms with E-state index < -0.39 is 5.41 Å². The molecule has 2 aromatic heterocycles. The minimum atomic E-state index is -0.409. The Morgan fingerprint density at radius 3 is 2.69 bits per heavy atom. The van der Waals surface area contributed by atoms with Crippen LogP contribution >= 0.6 is 0 Å². The fraction of sp³-hybridized carbons (Fsp3) is 0.650. The summed E-state index contributed by atoms with van der Waals surface area (Å²) >= 11 is 0. The van der Waals surface area contributed by atoms with Crippen molar-refractivity contribution in [3.8, 4) is 0 Å². The van der Waals surface area contributed by atoms with Crippen molar-refractivity contribution >= 4 is 11.8 Å². The zero-order valence-corrected chi connectivity index (χ0v) is 17.6. The molecule has 1 aliphatic carbocycles. The fourth-order valence-electron chi connectivity index (χ4n) is 4.83. The van der Waals surface area contributed by atoms with Crippen LogP contribution in [-0.4, -0.2) is 55.8 Å². The molecule has 0 spiro atoms. The van der Waals surface area contributed by atoms with Crippen LogP contribution in [0.25, 0.3) is 0 Å². The van der Waals surface area contributed by atoms with Crippen molar-refractivity contribution in [2.45, 2.75) is 52.0 Å². The number of hydrogen-bond donors (Lipinski definition) is 1. The molecule has 0 unspecified atom stereocenters. The second-order valence-electron chi connectivity index (χ2n) is 8.75. The summed E-state index contributed by atoms with van der Waals surface area (Å²) in [6.45, 7) is 8.71. The first-order valence-electron chi connectivity index (χ1n) is 10.1. The van der Waals surface area contributed by atoms with Crippen LogP contribution in [0.15, 0.2) is 10.7 Å². The quantitative estimate of drug-likeness (QED) is 0.831. The molecule has 29 heavy (non-hydrogen) atoms. The minimum absolute atomic E-state index is 0.0179. The molecule has 3 atom stereocenters. The molecule has 1 aliphatic heterocycles. The first-order valence-corrected chi connectivity index (χ1v) is 10.1. The lowest BCUT2D eigenvalue weighted by molar-refractivity contribution is -0.133. The molecule has 3 heterocycles. The second kappa shape index (κ2) is 6.96. The highest BCUT2D eigenvalue weighted by Crippen LogP contribution is 2.50. The van der Waals surface area contributed by atoms with Crippen LogP contribution in [0.2, 0.25) is 0 Å². The van der Waals surface area contributed by atoms with Gasteiger partial charge in [0.25, 0.3) is 5.91 Å². The Labute approximate surface area is 169 Å². The van der Waals surface area contributed by atoms with Crippen molar-refractivity contribution in [3.63, 3.8) is 0 Å². The summed E-state index contributed by atoms with van der Waals surface area (Å²) in [5, 5.41) is 11.3. The number of hydrogen-bond acceptors (Lipinski definition) is 6. The van der Waals surface area contributed by atoms with E-state index in [1.165, 1.54) is 0 Å². The molecule has 1 saturated heterocycles. The Hall–Kier alpha value is -2.71. The minimum Gasteiger partial charge on any atom is -0.349 e. The summed E-state index contributed by atoms with van der Waals surface area (Å²) in [4.78, 5) is 31.8. The first-order chi connectivity index (χ1) is 13.7. The van der Waals surface area contributed by atoms with Gasteiger partial charge in [0, 0.05) is 37.8 Å². The van der Waals surface area contributed by atoms with Gasteiger partial charge in [0.15, 0.2) is 5.82 Å². The monoisotopic (exact) mass is 400 g/mol. The first kappa shape index (κ1) is 19.6. The van der Waals surface area contributed by atoms with Crippen molar-refractivity contribution in [2.75, 3.05) is 13.1 Å². The van der Waals surface area contributed by atoms with Crippen molar-refractivity contribution in [2.24, 2.45) is 18.9 Å². The normalized spacial score (nSPS) is 26.2. The van der Waals surface area contributed by atoms with Crippen LogP contribution in [0.3, 0.4) is 0 Å². The number of aromatic nitrogens is 4. The van der Waals surface area contributed by atoms with Crippen LogP contribution in [0.5, 0.6) is 0 Å². The zero-order valence-electron chi connectivity index (χ0n) is 17.6. The van der Waals surface area contributed by atoms with Crippen LogP contribution in [-0.2, 0) is 17.3 Å². The number of carbonyl (C=O) groups excluding carboxylic acids is 2. The summed E-state index contributed by atoms with van der Waals surface area (Å²) in [7, 11) is 1.82. The summed E-state index contributed by atoms with van der Waals surface area (Å²) < 4.78 is 7.27. The lowest BCUT2D eigenvalue weighted by Crippen LogP contribution is -2.40. The third kappa shape index (κ3) is 3.22. The predicted molar refractivity (Wildman–Crippen MR) is 104 cm³/mol. The van der Waals surface area contributed by atoms with Crippen molar-refractivity contribution in [3.05, 3.63) is 29.2 Å². The summed E-state index contributed by atoms with van der Waals surface area (Å²) in [5.41, 5.74) is 1.01. The molecule has 0 aromatic carbocycles. The predicted octanol–water partition coefficient (Wildman–Crippen LogP) is 1.36. The largest absolute Gasteiger partial charge is 0.349 e. The van der Waals surface area contributed by atoms with E-state index in [1.807, 2.05) is 32.7 Å². The lowest BCUT2D eigenvalue weighted by atomic mass is 9.80. The van der Waals surface area contributed by atoms with Gasteiger partial charge >= 0.3 is 0 Å². The van der Waals surface area contributed by atoms with Gasteiger partial charge in [-0.3, -0.25) is 14.3 Å². The molecule has 2 amide bonds. The van der Waals surface area contributed by atoms with E-state index in [2.05, 4.69) is 20.6 Å². The van der Waals surface area contributed by atoms with Gasteiger partial charge in [-0.1, -0.05) is 19.0 Å². The number of likely N-dealkylation sites (tertiary alicyclic amines) is 1. The number of rotatable bonds is 4. The van der Waals surface area contributed by atoms with Crippen molar-refractivity contribution in [1.29, 1.82) is 0 Å². The molecule has 0 radical (unpaired) electrons. The molecule has 0 bridgehead atoms. The SMILES string of the molecule is Cc1noc([C@]23C[C@H](NC(=O)c4cnn(C)c4C)C[C@H]2CN(C(=O)C(C)C)C3)n1. The number of amides is 2. The average molecular weight is 400 g/mol. The van der Waals surface area contributed by atoms with Gasteiger partial charge in [-0.15, -0.1) is 0 Å². The Bertz CT molecular complexity index is 948. The standard InChI is InChI=1S/C20H28N6O3/c1-11(2)18(28)26-9-14-6-15(23-17(27)16-8-21-25(5)12(16)3)7-20(14,10-26)19-22-13(4)24-29-19/h8,11,14-15H,6-7,9-10H2,1-5H3,(H,23,27)/t14-,15+,20-/m0/s1. The molecule has 4 rings (SSSR count). The Morgan fingerprint density at radius 2 is 2.10 bits per heavy atom. The highest BCUT2D eigenvalue weighted by atomic mass is 16.5. The lowest BCUT2D eigenvalue weighted by Gasteiger charge is -2.26. The summed E-state index contributed by atoms with van der Waals surface area (Å²) in [6, 6.07) is -0.0179. The van der Waals surface area contributed by atoms with Crippen molar-refractivity contribution < 1.29 is 14.1 Å². The molecule has 2 aromatic rings. The van der Waals surface area contributed by atoms with Gasteiger partial charge in [0.05, 0.1) is 17.2 Å². The third-order valence-electron chi connectivity index (χ3n) is 6.45. The summed E-state index contributed by atoms with van der Waals surface area (Å²) in [5.74, 6) is 1.30. The zero-order chi connectivity index (χ0) is 20.9. The van der Waals surface area contributed by atoms with Crippen LogP contribution < -0.4 is 5.32 Å². The van der Waals surface area contributed by atoms with Crippen LogP contribution in [0, 0.1) is 25.7 Å². The van der Waals surface area contributed by atoms with E-state index in [0.29, 0.717) is 36.8 Å². The van der Waals surface area contributed by atoms with E-state index in [0.717, 1.165) is 12.1 Å². The molecule has 2 fully saturated rings. The highest BCUT2D eigenvalue weighted by Gasteiger charge is 2.58. The molecule has 9 heteroatoms. The Balaban J connectivity index is 1.56. The van der Waals surface area contributed by atoms with Gasteiger partial charge in [-0.25, -0.2) is 0 Å². The summed E-state index contributed by atoms with van der Waals surface area (Å²) in [6.07, 6.45) is 3.04. The average Bonchev–Trinajstić information content (AvgIpc) is 3.38. The van der Waals surface area contributed by atoms with Crippen LogP contribution in [0.4, 0.5) is 0 Å². The van der Waals surface area contributed by atoms with E-state index in [1.54, 1.807) is 17.8 Å². The van der Waals surface area contributed by atoms with Gasteiger partial charge < -0.3 is 14.7 Å². The Kier molecular flexibility index (Phi) is 4.71. The highest BCUT2D eigenvalue weighted by molar-refractivity contribution is 5.95. The Morgan fingerprint density at radius 1 is 1.34 bits per heavy atom. The molecule has 1 saturated carbocycles. The van der Waals surface area contributed by atoms with Gasteiger partial charge in [0.1, 0.15) is 0 Å². The van der Waals surface area contributed by atoms with Gasteiger partial charge in [-0.2, -0.15) is 10.1 Å². The number of nitrogens with zero attached hydrogens (tertiary/aromatic N) is 5. The number of nitrogens with one attached hydrogen (secondary N) is 1. The molecule has 1 N–H and O–H groups in total. The number of aryl methyl sites for hydroxylation is 2. The molecular formula is C20H28N6O3. The molecule has 2 aliphatic rings. The van der Waals surface area contributed by atoms with E-state index >= 15 is 0 Å². The molecule has 156 valence electrons. The van der Waals surface area contributed by atoms with E-state index in [9.17, 15) is 9.59 Å². The topological polar surface area (TPSA) is 106 Å². The molecule has 9 nitrogen and oxygen atoms in total. The van der Waals surface area contributed by atoms with Crippen molar-refractivity contribution in [1.82, 2.24) is 30.1 Å². The maximum absolute atomic E-state index is 12.8. The fourth-order valence-corrected chi connectivity index (χ4v) is 4.83. The molecular weight excluding hydrogens is 372 g/mol. The third-order valence-corrected chi connectivity index (χ3v) is 6.45. The van der Waals surface area contributed by atoms with Crippen LogP contribution in [0.1, 0.15) is 54.5 Å². The maximum atomic E-state index is 12.8. The van der Waals surface area contributed by atoms with Gasteiger partial charge in [-0.05, 0) is 32.6 Å². The van der Waals surface area contributed by atoms with E-state index in [4.69, 9.17) is 4.52 Å². The number of carbonyl (C=O) groups is 2. The smallest absolute Gasteiger partial charge is 0.254 e. The van der Waals surface area contributed by atoms with E-state index in [-0.39, 0.29) is 29.7 Å². The number of fused-ring (bicyclic) bond motifs is 1. The van der Waals surface area contributed by atoms with Gasteiger partial charge in [0.2, 0.25) is 11.8 Å².